The van der Waals surface area contributed by atoms with E-state index in [1.54, 1.807) is 0 Å². The second-order valence-electron chi connectivity index (χ2n) is 3.34. The number of anilines is 2. The van der Waals surface area contributed by atoms with Crippen LogP contribution < -0.4 is 5.32 Å². The Labute approximate surface area is 101 Å². The summed E-state index contributed by atoms with van der Waals surface area (Å²) >= 11 is 1.48. The van der Waals surface area contributed by atoms with Crippen molar-refractivity contribution in [3.8, 4) is 0 Å². The number of carbonyl (C=O) groups is 1. The average molecular weight is 253 g/mol. The molecular formula is C10H11N3O3S. The summed E-state index contributed by atoms with van der Waals surface area (Å²) in [5, 5.41) is 12.2. The van der Waals surface area contributed by atoms with E-state index in [2.05, 4.69) is 15.3 Å². The van der Waals surface area contributed by atoms with Crippen molar-refractivity contribution in [2.24, 2.45) is 0 Å². The van der Waals surface area contributed by atoms with Gasteiger partial charge in [-0.3, -0.25) is 5.32 Å². The van der Waals surface area contributed by atoms with Gasteiger partial charge in [-0.1, -0.05) is 6.92 Å². The second-order valence-corrected chi connectivity index (χ2v) is 4.55. The van der Waals surface area contributed by atoms with E-state index < -0.39 is 5.97 Å². The predicted octanol–water partition coefficient (Wildman–Crippen LogP) is 2.44. The standard InChI is InChI=1S/C10H11N3O3S/c1-3-6-5(2)17-10(12-6)13-9-11-7(4-16-9)8(14)15/h4H,3H2,1-2H3,(H,14,15)(H,11,12,13). The number of carboxylic acids is 1. The Bertz CT molecular complexity index is 547. The summed E-state index contributed by atoms with van der Waals surface area (Å²) < 4.78 is 4.98. The topological polar surface area (TPSA) is 88.2 Å². The van der Waals surface area contributed by atoms with Crippen LogP contribution in [0.25, 0.3) is 0 Å². The van der Waals surface area contributed by atoms with Crippen LogP contribution in [-0.4, -0.2) is 21.0 Å². The summed E-state index contributed by atoms with van der Waals surface area (Å²) in [5.41, 5.74) is 0.888. The zero-order valence-electron chi connectivity index (χ0n) is 9.35. The van der Waals surface area contributed by atoms with Crippen LogP contribution in [0.2, 0.25) is 0 Å². The van der Waals surface area contributed by atoms with Crippen molar-refractivity contribution < 1.29 is 14.3 Å². The van der Waals surface area contributed by atoms with E-state index in [0.717, 1.165) is 23.3 Å². The predicted molar refractivity (Wildman–Crippen MR) is 63.0 cm³/mol. The smallest absolute Gasteiger partial charge is 0.357 e. The number of aryl methyl sites for hydroxylation is 2. The summed E-state index contributed by atoms with van der Waals surface area (Å²) in [6, 6.07) is 0.138. The van der Waals surface area contributed by atoms with E-state index in [4.69, 9.17) is 9.52 Å². The van der Waals surface area contributed by atoms with E-state index in [1.807, 2.05) is 13.8 Å². The number of carboxylic acid groups (broad SMARTS) is 1. The van der Waals surface area contributed by atoms with E-state index >= 15 is 0 Å². The molecule has 0 atom stereocenters. The number of aromatic nitrogens is 2. The molecule has 0 aliphatic rings. The van der Waals surface area contributed by atoms with Gasteiger partial charge in [0.05, 0.1) is 5.69 Å². The van der Waals surface area contributed by atoms with Gasteiger partial charge < -0.3 is 9.52 Å². The first kappa shape index (κ1) is 11.6. The van der Waals surface area contributed by atoms with Gasteiger partial charge in [0, 0.05) is 4.88 Å². The summed E-state index contributed by atoms with van der Waals surface area (Å²) in [4.78, 5) is 19.8. The zero-order valence-corrected chi connectivity index (χ0v) is 10.2. The highest BCUT2D eigenvalue weighted by Crippen LogP contribution is 2.25. The van der Waals surface area contributed by atoms with Crippen molar-refractivity contribution in [1.82, 2.24) is 9.97 Å². The van der Waals surface area contributed by atoms with Gasteiger partial charge in [0.2, 0.25) is 0 Å². The van der Waals surface area contributed by atoms with E-state index in [1.165, 1.54) is 11.3 Å². The Hall–Kier alpha value is -1.89. The number of rotatable bonds is 4. The second kappa shape index (κ2) is 4.54. The van der Waals surface area contributed by atoms with Crippen LogP contribution in [0.5, 0.6) is 0 Å². The van der Waals surface area contributed by atoms with E-state index in [-0.39, 0.29) is 11.7 Å². The minimum Gasteiger partial charge on any atom is -0.476 e. The molecule has 0 aliphatic carbocycles. The van der Waals surface area contributed by atoms with Gasteiger partial charge in [0.1, 0.15) is 6.26 Å². The zero-order chi connectivity index (χ0) is 12.4. The largest absolute Gasteiger partial charge is 0.476 e. The van der Waals surface area contributed by atoms with Crippen molar-refractivity contribution in [2.45, 2.75) is 20.3 Å². The molecular weight excluding hydrogens is 242 g/mol. The lowest BCUT2D eigenvalue weighted by Crippen LogP contribution is -1.97. The number of aromatic carboxylic acids is 1. The SMILES string of the molecule is CCc1nc(Nc2nc(C(=O)O)co2)sc1C. The van der Waals surface area contributed by atoms with Gasteiger partial charge in [0.15, 0.2) is 10.8 Å². The molecule has 6 nitrogen and oxygen atoms in total. The number of nitrogens with one attached hydrogen (secondary N) is 1. The number of hydrogen-bond donors (Lipinski definition) is 2. The average Bonchev–Trinajstić information content (AvgIpc) is 2.86. The van der Waals surface area contributed by atoms with E-state index in [0.29, 0.717) is 5.13 Å². The third-order valence-corrected chi connectivity index (χ3v) is 3.09. The molecule has 0 aliphatic heterocycles. The molecule has 0 radical (unpaired) electrons. The molecule has 0 bridgehead atoms. The van der Waals surface area contributed by atoms with Crippen LogP contribution in [0.4, 0.5) is 11.1 Å². The summed E-state index contributed by atoms with van der Waals surface area (Å²) in [6.45, 7) is 4.01. The highest BCUT2D eigenvalue weighted by Gasteiger charge is 2.12. The minimum absolute atomic E-state index is 0.128. The first-order valence-corrected chi connectivity index (χ1v) is 5.84. The molecule has 90 valence electrons. The Morgan fingerprint density at radius 3 is 2.88 bits per heavy atom. The molecule has 2 aromatic rings. The molecule has 0 saturated heterocycles. The molecule has 2 N–H and O–H groups in total. The Morgan fingerprint density at radius 2 is 2.35 bits per heavy atom. The van der Waals surface area contributed by atoms with Gasteiger partial charge in [-0.15, -0.1) is 11.3 Å². The van der Waals surface area contributed by atoms with Crippen LogP contribution in [0.1, 0.15) is 28.0 Å². The quantitative estimate of drug-likeness (QED) is 0.870. The monoisotopic (exact) mass is 253 g/mol. The lowest BCUT2D eigenvalue weighted by molar-refractivity contribution is 0.0690. The minimum atomic E-state index is -1.12. The summed E-state index contributed by atoms with van der Waals surface area (Å²) in [7, 11) is 0. The molecule has 0 spiro atoms. The van der Waals surface area contributed by atoms with Crippen molar-refractivity contribution >= 4 is 28.5 Å². The highest BCUT2D eigenvalue weighted by atomic mass is 32.1. The normalized spacial score (nSPS) is 10.5. The van der Waals surface area contributed by atoms with Crippen molar-refractivity contribution in [3.05, 3.63) is 22.5 Å². The maximum atomic E-state index is 10.6. The molecule has 0 unspecified atom stereocenters. The van der Waals surface area contributed by atoms with Crippen LogP contribution in [0, 0.1) is 6.92 Å². The van der Waals surface area contributed by atoms with E-state index in [9.17, 15) is 4.79 Å². The maximum absolute atomic E-state index is 10.6. The van der Waals surface area contributed by atoms with Gasteiger partial charge in [-0.25, -0.2) is 9.78 Å². The molecule has 0 saturated carbocycles. The van der Waals surface area contributed by atoms with Crippen LogP contribution >= 0.6 is 11.3 Å². The Kier molecular flexibility index (Phi) is 3.10. The Balaban J connectivity index is 2.16. The molecule has 2 aromatic heterocycles. The number of hydrogen-bond acceptors (Lipinski definition) is 6. The van der Waals surface area contributed by atoms with Gasteiger partial charge in [-0.05, 0) is 13.3 Å². The van der Waals surface area contributed by atoms with Crippen molar-refractivity contribution in [1.29, 1.82) is 0 Å². The molecule has 0 fully saturated rings. The van der Waals surface area contributed by atoms with Crippen LogP contribution in [0.3, 0.4) is 0 Å². The van der Waals surface area contributed by atoms with Crippen molar-refractivity contribution in [2.75, 3.05) is 5.32 Å². The Morgan fingerprint density at radius 1 is 1.59 bits per heavy atom. The molecule has 17 heavy (non-hydrogen) atoms. The van der Waals surface area contributed by atoms with Crippen molar-refractivity contribution in [3.63, 3.8) is 0 Å². The maximum Gasteiger partial charge on any atom is 0.357 e. The number of thiazole rings is 1. The van der Waals surface area contributed by atoms with Crippen LogP contribution in [-0.2, 0) is 6.42 Å². The van der Waals surface area contributed by atoms with Gasteiger partial charge in [-0.2, -0.15) is 4.98 Å². The first-order chi connectivity index (χ1) is 8.10. The fraction of sp³-hybridized carbons (Fsp3) is 0.300. The number of nitrogens with zero attached hydrogens (tertiary/aromatic N) is 2. The van der Waals surface area contributed by atoms with Gasteiger partial charge in [0.25, 0.3) is 0 Å². The first-order valence-electron chi connectivity index (χ1n) is 5.02. The molecule has 2 heterocycles. The fourth-order valence-electron chi connectivity index (χ4n) is 1.33. The van der Waals surface area contributed by atoms with Crippen LogP contribution in [0.15, 0.2) is 10.7 Å². The van der Waals surface area contributed by atoms with Gasteiger partial charge >= 0.3 is 12.0 Å². The third kappa shape index (κ3) is 2.44. The number of oxazole rings is 1. The molecule has 7 heteroatoms. The molecule has 2 rings (SSSR count). The fourth-order valence-corrected chi connectivity index (χ4v) is 2.22. The molecule has 0 aromatic carbocycles. The molecule has 0 amide bonds. The lowest BCUT2D eigenvalue weighted by atomic mass is 10.3. The summed E-state index contributed by atoms with van der Waals surface area (Å²) in [6.07, 6.45) is 1.95. The third-order valence-electron chi connectivity index (χ3n) is 2.16. The summed E-state index contributed by atoms with van der Waals surface area (Å²) in [5.74, 6) is -1.12. The highest BCUT2D eigenvalue weighted by molar-refractivity contribution is 7.15. The lowest BCUT2D eigenvalue weighted by Gasteiger charge is -1.93.